The van der Waals surface area contributed by atoms with Crippen molar-refractivity contribution in [3.63, 3.8) is 0 Å². The number of ether oxygens (including phenoxy) is 2. The van der Waals surface area contributed by atoms with Gasteiger partial charge in [0.2, 0.25) is 0 Å². The van der Waals surface area contributed by atoms with E-state index in [0.29, 0.717) is 22.5 Å². The van der Waals surface area contributed by atoms with Gasteiger partial charge in [-0.1, -0.05) is 0 Å². The van der Waals surface area contributed by atoms with Gasteiger partial charge in [0.1, 0.15) is 5.69 Å². The minimum atomic E-state index is -1.07. The van der Waals surface area contributed by atoms with Gasteiger partial charge in [-0.15, -0.1) is 0 Å². The van der Waals surface area contributed by atoms with E-state index in [0.717, 1.165) is 0 Å². The molecule has 0 radical (unpaired) electrons. The van der Waals surface area contributed by atoms with Crippen LogP contribution in [0.1, 0.15) is 63.2 Å². The average Bonchev–Trinajstić information content (AvgIpc) is 2.96. The van der Waals surface area contributed by atoms with Crippen molar-refractivity contribution in [2.45, 2.75) is 40.7 Å². The lowest BCUT2D eigenvalue weighted by atomic mass is 10.1. The predicted molar refractivity (Wildman–Crippen MR) is 106 cm³/mol. The largest absolute Gasteiger partial charge is 0.461 e. The first-order valence-electron chi connectivity index (χ1n) is 9.14. The molecule has 0 saturated heterocycles. The zero-order chi connectivity index (χ0) is 21.7. The number of nitrogens with one attached hydrogen (secondary N) is 2. The molecule has 29 heavy (non-hydrogen) atoms. The second-order valence-electron chi connectivity index (χ2n) is 6.52. The molecule has 0 aliphatic carbocycles. The molecule has 2 aromatic rings. The van der Waals surface area contributed by atoms with Gasteiger partial charge in [0, 0.05) is 16.9 Å². The Morgan fingerprint density at radius 2 is 1.69 bits per heavy atom. The molecule has 1 aromatic heterocycles. The third kappa shape index (κ3) is 5.10. The molecular weight excluding hydrogens is 376 g/mol. The Hall–Kier alpha value is -3.42. The maximum atomic E-state index is 12.6. The van der Waals surface area contributed by atoms with E-state index < -0.39 is 23.9 Å². The van der Waals surface area contributed by atoms with Crippen molar-refractivity contribution in [3.8, 4) is 0 Å². The molecule has 0 saturated carbocycles. The molecule has 8 heteroatoms. The van der Waals surface area contributed by atoms with E-state index in [9.17, 15) is 19.2 Å². The third-order valence-electron chi connectivity index (χ3n) is 4.33. The summed E-state index contributed by atoms with van der Waals surface area (Å²) in [7, 11) is 0. The number of hydrogen-bond donors (Lipinski definition) is 2. The first kappa shape index (κ1) is 21.9. The van der Waals surface area contributed by atoms with Crippen molar-refractivity contribution in [2.75, 3.05) is 11.9 Å². The first-order valence-corrected chi connectivity index (χ1v) is 9.14. The summed E-state index contributed by atoms with van der Waals surface area (Å²) in [4.78, 5) is 51.0. The maximum Gasteiger partial charge on any atom is 0.355 e. The number of aromatic amines is 1. The minimum absolute atomic E-state index is 0.0791. The fourth-order valence-electron chi connectivity index (χ4n) is 2.77. The van der Waals surface area contributed by atoms with Gasteiger partial charge in [-0.2, -0.15) is 0 Å². The standard InChI is InChI=1S/C21H24N2O6/c1-6-28-21(27)18-11(2)17(12(3)22-18)20(26)29-14(5)19(25)23-16-9-7-15(8-10-16)13(4)24/h7-10,14,22H,6H2,1-5H3,(H,23,25)/t14-/m0/s1. The van der Waals surface area contributed by atoms with Gasteiger partial charge in [-0.05, 0) is 64.4 Å². The number of carbonyl (C=O) groups excluding carboxylic acids is 4. The smallest absolute Gasteiger partial charge is 0.355 e. The second-order valence-corrected chi connectivity index (χ2v) is 6.52. The van der Waals surface area contributed by atoms with E-state index in [1.54, 1.807) is 45.0 Å². The van der Waals surface area contributed by atoms with Crippen LogP contribution in [-0.4, -0.2) is 41.3 Å². The number of hydrogen-bond acceptors (Lipinski definition) is 6. The molecule has 8 nitrogen and oxygen atoms in total. The van der Waals surface area contributed by atoms with Crippen molar-refractivity contribution in [3.05, 3.63) is 52.3 Å². The number of anilines is 1. The van der Waals surface area contributed by atoms with E-state index in [4.69, 9.17) is 9.47 Å². The third-order valence-corrected chi connectivity index (χ3v) is 4.33. The molecule has 0 bridgehead atoms. The normalized spacial score (nSPS) is 11.5. The minimum Gasteiger partial charge on any atom is -0.461 e. The highest BCUT2D eigenvalue weighted by Crippen LogP contribution is 2.21. The van der Waals surface area contributed by atoms with E-state index >= 15 is 0 Å². The van der Waals surface area contributed by atoms with Crippen molar-refractivity contribution >= 4 is 29.3 Å². The van der Waals surface area contributed by atoms with Crippen LogP contribution in [0.15, 0.2) is 24.3 Å². The molecule has 0 aliphatic heterocycles. The molecule has 2 rings (SSSR count). The number of Topliss-reactive ketones (excluding diaryl/α,β-unsaturated/α-hetero) is 1. The number of amides is 1. The number of esters is 2. The highest BCUT2D eigenvalue weighted by atomic mass is 16.5. The summed E-state index contributed by atoms with van der Waals surface area (Å²) in [6.45, 7) is 8.03. The second kappa shape index (κ2) is 9.18. The quantitative estimate of drug-likeness (QED) is 0.545. The molecule has 0 aliphatic rings. The van der Waals surface area contributed by atoms with Crippen LogP contribution in [0.25, 0.3) is 0 Å². The Kier molecular flexibility index (Phi) is 6.93. The molecule has 1 aromatic carbocycles. The van der Waals surface area contributed by atoms with E-state index in [1.807, 2.05) is 0 Å². The first-order chi connectivity index (χ1) is 13.6. The Balaban J connectivity index is 2.07. The summed E-state index contributed by atoms with van der Waals surface area (Å²) in [5, 5.41) is 2.62. The van der Waals surface area contributed by atoms with Crippen molar-refractivity contribution in [1.82, 2.24) is 4.98 Å². The molecule has 1 atom stereocenters. The van der Waals surface area contributed by atoms with Crippen LogP contribution in [0.2, 0.25) is 0 Å². The van der Waals surface area contributed by atoms with Crippen LogP contribution in [0, 0.1) is 13.8 Å². The number of rotatable bonds is 7. The zero-order valence-electron chi connectivity index (χ0n) is 17.0. The van der Waals surface area contributed by atoms with Gasteiger partial charge < -0.3 is 19.8 Å². The number of benzene rings is 1. The van der Waals surface area contributed by atoms with Gasteiger partial charge in [-0.3, -0.25) is 9.59 Å². The lowest BCUT2D eigenvalue weighted by Crippen LogP contribution is -2.30. The molecule has 2 N–H and O–H groups in total. The van der Waals surface area contributed by atoms with E-state index in [1.165, 1.54) is 13.8 Å². The SMILES string of the molecule is CCOC(=O)c1[nH]c(C)c(C(=O)O[C@@H](C)C(=O)Nc2ccc(C(C)=O)cc2)c1C. The molecular formula is C21H24N2O6. The van der Waals surface area contributed by atoms with Gasteiger partial charge in [0.25, 0.3) is 5.91 Å². The highest BCUT2D eigenvalue weighted by molar-refractivity contribution is 6.01. The van der Waals surface area contributed by atoms with Crippen LogP contribution < -0.4 is 5.32 Å². The van der Waals surface area contributed by atoms with Gasteiger partial charge in [0.05, 0.1) is 12.2 Å². The molecule has 1 amide bonds. The van der Waals surface area contributed by atoms with Gasteiger partial charge in [0.15, 0.2) is 11.9 Å². The molecule has 1 heterocycles. The van der Waals surface area contributed by atoms with Gasteiger partial charge >= 0.3 is 11.9 Å². The van der Waals surface area contributed by atoms with Crippen molar-refractivity contribution in [1.29, 1.82) is 0 Å². The summed E-state index contributed by atoms with van der Waals surface area (Å²) in [5.41, 5.74) is 2.22. The zero-order valence-corrected chi connectivity index (χ0v) is 17.0. The summed E-state index contributed by atoms with van der Waals surface area (Å²) >= 11 is 0. The van der Waals surface area contributed by atoms with Crippen molar-refractivity contribution in [2.24, 2.45) is 0 Å². The Labute approximate surface area is 168 Å². The van der Waals surface area contributed by atoms with Crippen LogP contribution in [0.5, 0.6) is 0 Å². The van der Waals surface area contributed by atoms with E-state index in [2.05, 4.69) is 10.3 Å². The number of carbonyl (C=O) groups is 4. The monoisotopic (exact) mass is 400 g/mol. The summed E-state index contributed by atoms with van der Waals surface area (Å²) in [6, 6.07) is 6.38. The molecule has 0 spiro atoms. The fraction of sp³-hybridized carbons (Fsp3) is 0.333. The average molecular weight is 400 g/mol. The molecule has 0 fully saturated rings. The number of aromatic nitrogens is 1. The Morgan fingerprint density at radius 1 is 1.07 bits per heavy atom. The summed E-state index contributed by atoms with van der Waals surface area (Å²) in [5.74, 6) is -1.89. The maximum absolute atomic E-state index is 12.6. The van der Waals surface area contributed by atoms with Crippen LogP contribution >= 0.6 is 0 Å². The predicted octanol–water partition coefficient (Wildman–Crippen LogP) is 3.19. The number of aryl methyl sites for hydroxylation is 1. The van der Waals surface area contributed by atoms with Gasteiger partial charge in [-0.25, -0.2) is 9.59 Å². The topological polar surface area (TPSA) is 115 Å². The molecule has 154 valence electrons. The van der Waals surface area contributed by atoms with E-state index in [-0.39, 0.29) is 23.6 Å². The van der Waals surface area contributed by atoms with Crippen LogP contribution in [0.3, 0.4) is 0 Å². The summed E-state index contributed by atoms with van der Waals surface area (Å²) < 4.78 is 10.2. The lowest BCUT2D eigenvalue weighted by molar-refractivity contribution is -0.123. The highest BCUT2D eigenvalue weighted by Gasteiger charge is 2.26. The Bertz CT molecular complexity index is 943. The fourth-order valence-corrected chi connectivity index (χ4v) is 2.77. The number of ketones is 1. The van der Waals surface area contributed by atoms with Crippen molar-refractivity contribution < 1.29 is 28.7 Å². The molecule has 0 unspecified atom stereocenters. The Morgan fingerprint density at radius 3 is 2.24 bits per heavy atom. The lowest BCUT2D eigenvalue weighted by Gasteiger charge is -2.14. The number of H-pyrrole nitrogens is 1. The summed E-state index contributed by atoms with van der Waals surface area (Å²) in [6.07, 6.45) is -1.07. The van der Waals surface area contributed by atoms with Crippen LogP contribution in [-0.2, 0) is 14.3 Å². The van der Waals surface area contributed by atoms with Crippen LogP contribution in [0.4, 0.5) is 5.69 Å².